The predicted octanol–water partition coefficient (Wildman–Crippen LogP) is 1.02. The van der Waals surface area contributed by atoms with Gasteiger partial charge in [-0.15, -0.1) is 0 Å². The summed E-state index contributed by atoms with van der Waals surface area (Å²) in [7, 11) is -6.96. The SMILES string of the molecule is COC(=O)[C@H](Cc1ccc(N(S(C)(=O)=O)S(C)(=O)=O)cc1)NC(=O)OC(C)(C)C. The van der Waals surface area contributed by atoms with Gasteiger partial charge in [-0.1, -0.05) is 12.1 Å². The molecule has 0 aromatic heterocycles. The average molecular weight is 451 g/mol. The molecule has 1 aromatic rings. The van der Waals surface area contributed by atoms with Crippen molar-refractivity contribution in [1.29, 1.82) is 0 Å². The molecule has 1 amide bonds. The van der Waals surface area contributed by atoms with Crippen LogP contribution in [0.4, 0.5) is 10.5 Å². The third-order valence-corrected chi connectivity index (χ3v) is 6.62. The maximum absolute atomic E-state index is 12.0. The van der Waals surface area contributed by atoms with Gasteiger partial charge in [0.15, 0.2) is 0 Å². The van der Waals surface area contributed by atoms with Gasteiger partial charge in [-0.25, -0.2) is 26.4 Å². The molecule has 0 radical (unpaired) electrons. The molecular weight excluding hydrogens is 424 g/mol. The van der Waals surface area contributed by atoms with Crippen LogP contribution >= 0.6 is 0 Å². The van der Waals surface area contributed by atoms with Gasteiger partial charge in [-0.05, 0) is 38.5 Å². The summed E-state index contributed by atoms with van der Waals surface area (Å²) in [4.78, 5) is 24.0. The number of carbonyl (C=O) groups is 2. The zero-order valence-corrected chi connectivity index (χ0v) is 18.8. The Bertz CT molecular complexity index is 916. The van der Waals surface area contributed by atoms with Crippen molar-refractivity contribution in [1.82, 2.24) is 5.32 Å². The first-order valence-electron chi connectivity index (χ1n) is 8.41. The van der Waals surface area contributed by atoms with Crippen LogP contribution in [0.1, 0.15) is 26.3 Å². The summed E-state index contributed by atoms with van der Waals surface area (Å²) in [5.74, 6) is -0.700. The molecule has 1 aromatic carbocycles. The summed E-state index contributed by atoms with van der Waals surface area (Å²) in [5.41, 5.74) is -0.303. The Labute approximate surface area is 171 Å². The Morgan fingerprint density at radius 1 is 1.03 bits per heavy atom. The van der Waals surface area contributed by atoms with Gasteiger partial charge in [0.2, 0.25) is 20.0 Å². The van der Waals surface area contributed by atoms with E-state index in [4.69, 9.17) is 9.47 Å². The second-order valence-electron chi connectivity index (χ2n) is 7.32. The third kappa shape index (κ3) is 7.89. The number of benzene rings is 1. The van der Waals surface area contributed by atoms with Crippen LogP contribution in [0.3, 0.4) is 0 Å². The molecule has 0 saturated carbocycles. The molecule has 1 atom stereocenters. The molecule has 0 unspecified atom stereocenters. The van der Waals surface area contributed by atoms with E-state index in [9.17, 15) is 26.4 Å². The molecule has 0 aliphatic carbocycles. The molecule has 0 saturated heterocycles. The number of rotatable bonds is 7. The lowest BCUT2D eigenvalue weighted by Gasteiger charge is -2.23. The van der Waals surface area contributed by atoms with Crippen LogP contribution in [0.2, 0.25) is 0 Å². The Kier molecular flexibility index (Phi) is 7.66. The Balaban J connectivity index is 3.08. The Morgan fingerprint density at radius 2 is 1.52 bits per heavy atom. The van der Waals surface area contributed by atoms with Crippen molar-refractivity contribution in [3.05, 3.63) is 29.8 Å². The second kappa shape index (κ2) is 8.99. The highest BCUT2D eigenvalue weighted by atomic mass is 32.3. The molecule has 0 aliphatic rings. The van der Waals surface area contributed by atoms with Gasteiger partial charge in [0.1, 0.15) is 11.6 Å². The van der Waals surface area contributed by atoms with Crippen molar-refractivity contribution in [2.24, 2.45) is 0 Å². The van der Waals surface area contributed by atoms with Crippen molar-refractivity contribution in [2.45, 2.75) is 38.8 Å². The summed E-state index contributed by atoms with van der Waals surface area (Å²) >= 11 is 0. The number of sulfonamides is 2. The minimum absolute atomic E-state index is 0.0178. The third-order valence-electron chi connectivity index (χ3n) is 3.37. The molecule has 29 heavy (non-hydrogen) atoms. The normalized spacial score (nSPS) is 13.3. The zero-order valence-electron chi connectivity index (χ0n) is 17.1. The molecule has 0 aliphatic heterocycles. The van der Waals surface area contributed by atoms with Crippen LogP contribution in [0.5, 0.6) is 0 Å². The highest BCUT2D eigenvalue weighted by Crippen LogP contribution is 2.22. The van der Waals surface area contributed by atoms with Gasteiger partial charge in [-0.3, -0.25) is 0 Å². The summed E-state index contributed by atoms with van der Waals surface area (Å²) in [6.07, 6.45) is 0.772. The zero-order chi connectivity index (χ0) is 22.6. The number of anilines is 1. The van der Waals surface area contributed by atoms with Gasteiger partial charge in [-0.2, -0.15) is 3.71 Å². The number of hydrogen-bond acceptors (Lipinski definition) is 8. The van der Waals surface area contributed by atoms with E-state index in [1.807, 2.05) is 0 Å². The van der Waals surface area contributed by atoms with E-state index >= 15 is 0 Å². The van der Waals surface area contributed by atoms with Crippen molar-refractivity contribution >= 4 is 37.8 Å². The minimum atomic E-state index is -4.06. The van der Waals surface area contributed by atoms with E-state index in [1.54, 1.807) is 20.8 Å². The molecule has 1 N–H and O–H groups in total. The summed E-state index contributed by atoms with van der Waals surface area (Å²) in [5, 5.41) is 2.42. The first-order chi connectivity index (χ1) is 13.0. The van der Waals surface area contributed by atoms with Crippen LogP contribution in [0, 0.1) is 0 Å². The first-order valence-corrected chi connectivity index (χ1v) is 12.1. The monoisotopic (exact) mass is 450 g/mol. The van der Waals surface area contributed by atoms with E-state index in [2.05, 4.69) is 5.32 Å². The first kappa shape index (κ1) is 24.7. The lowest BCUT2D eigenvalue weighted by molar-refractivity contribution is -0.143. The quantitative estimate of drug-likeness (QED) is 0.608. The fourth-order valence-corrected chi connectivity index (χ4v) is 5.38. The van der Waals surface area contributed by atoms with E-state index in [1.165, 1.54) is 31.4 Å². The van der Waals surface area contributed by atoms with Gasteiger partial charge < -0.3 is 14.8 Å². The lowest BCUT2D eigenvalue weighted by atomic mass is 10.1. The summed E-state index contributed by atoms with van der Waals surface area (Å²) in [6.45, 7) is 5.02. The largest absolute Gasteiger partial charge is 0.467 e. The minimum Gasteiger partial charge on any atom is -0.467 e. The highest BCUT2D eigenvalue weighted by molar-refractivity contribution is 8.09. The molecule has 164 valence electrons. The van der Waals surface area contributed by atoms with Crippen LogP contribution in [-0.4, -0.2) is 60.2 Å². The Morgan fingerprint density at radius 3 is 1.90 bits per heavy atom. The van der Waals surface area contributed by atoms with Gasteiger partial charge in [0.25, 0.3) is 0 Å². The van der Waals surface area contributed by atoms with Gasteiger partial charge >= 0.3 is 12.1 Å². The van der Waals surface area contributed by atoms with Crippen molar-refractivity contribution in [2.75, 3.05) is 23.3 Å². The molecule has 0 fully saturated rings. The molecule has 0 bridgehead atoms. The highest BCUT2D eigenvalue weighted by Gasteiger charge is 2.28. The average Bonchev–Trinajstić information content (AvgIpc) is 2.50. The lowest BCUT2D eigenvalue weighted by Crippen LogP contribution is -2.45. The van der Waals surface area contributed by atoms with E-state index < -0.39 is 43.8 Å². The summed E-state index contributed by atoms with van der Waals surface area (Å²) in [6, 6.07) is 4.43. The molecule has 10 nitrogen and oxygen atoms in total. The fraction of sp³-hybridized carbons (Fsp3) is 0.529. The number of esters is 1. The van der Waals surface area contributed by atoms with Crippen LogP contribution in [-0.2, 0) is 40.7 Å². The van der Waals surface area contributed by atoms with Crippen molar-refractivity contribution in [3.63, 3.8) is 0 Å². The Hall–Kier alpha value is -2.34. The predicted molar refractivity (Wildman–Crippen MR) is 107 cm³/mol. The second-order valence-corrected chi connectivity index (χ2v) is 11.2. The molecule has 1 rings (SSSR count). The number of carbonyl (C=O) groups excluding carboxylic acids is 2. The van der Waals surface area contributed by atoms with Crippen molar-refractivity contribution < 1.29 is 35.9 Å². The molecule has 12 heteroatoms. The van der Waals surface area contributed by atoms with Crippen LogP contribution in [0.15, 0.2) is 24.3 Å². The number of alkyl carbamates (subject to hydrolysis) is 1. The smallest absolute Gasteiger partial charge is 0.408 e. The summed E-state index contributed by atoms with van der Waals surface area (Å²) < 4.78 is 57.4. The molecular formula is C17H26N2O8S2. The number of hydrogen-bond donors (Lipinski definition) is 1. The fourth-order valence-electron chi connectivity index (χ4n) is 2.40. The van der Waals surface area contributed by atoms with Gasteiger partial charge in [0, 0.05) is 6.42 Å². The molecule has 0 heterocycles. The van der Waals surface area contributed by atoms with Crippen LogP contribution < -0.4 is 9.03 Å². The maximum atomic E-state index is 12.0. The van der Waals surface area contributed by atoms with E-state index in [-0.39, 0.29) is 12.1 Å². The number of amides is 1. The van der Waals surface area contributed by atoms with E-state index in [0.717, 1.165) is 12.5 Å². The van der Waals surface area contributed by atoms with Crippen LogP contribution in [0.25, 0.3) is 0 Å². The standard InChI is InChI=1S/C17H26N2O8S2/c1-17(2,3)27-16(21)18-14(15(20)26-4)11-12-7-9-13(10-8-12)19(28(5,22)23)29(6,24)25/h7-10,14H,11H2,1-6H3,(H,18,21)/t14-/m0/s1. The number of nitrogens with zero attached hydrogens (tertiary/aromatic N) is 1. The topological polar surface area (TPSA) is 136 Å². The van der Waals surface area contributed by atoms with Gasteiger partial charge in [0.05, 0.1) is 25.3 Å². The van der Waals surface area contributed by atoms with Crippen molar-refractivity contribution in [3.8, 4) is 0 Å². The number of ether oxygens (including phenoxy) is 2. The molecule has 0 spiro atoms. The number of methoxy groups -OCH3 is 1. The number of nitrogens with one attached hydrogen (secondary N) is 1. The maximum Gasteiger partial charge on any atom is 0.408 e. The van der Waals surface area contributed by atoms with E-state index in [0.29, 0.717) is 9.27 Å².